The van der Waals surface area contributed by atoms with Crippen LogP contribution in [0.25, 0.3) is 0 Å². The lowest BCUT2D eigenvalue weighted by Crippen LogP contribution is -2.44. The van der Waals surface area contributed by atoms with Crippen LogP contribution >= 0.6 is 0 Å². The Hall–Kier alpha value is -2.18. The van der Waals surface area contributed by atoms with Crippen LogP contribution in [0, 0.1) is 6.92 Å². The minimum Gasteiger partial charge on any atom is -0.428 e. The average Bonchev–Trinajstić information content (AvgIpc) is 2.63. The van der Waals surface area contributed by atoms with E-state index in [9.17, 15) is 9.59 Å². The first kappa shape index (κ1) is 12.8. The Bertz CT molecular complexity index is 602. The third-order valence-corrected chi connectivity index (χ3v) is 3.63. The molecule has 7 heteroatoms. The van der Waals surface area contributed by atoms with Gasteiger partial charge in [-0.25, -0.2) is 14.8 Å². The zero-order chi connectivity index (χ0) is 14.3. The highest BCUT2D eigenvalue weighted by molar-refractivity contribution is 6.05. The van der Waals surface area contributed by atoms with Crippen LogP contribution in [0.2, 0.25) is 0 Å². The largest absolute Gasteiger partial charge is 0.428 e. The molecular formula is C13H16N4O3. The van der Waals surface area contributed by atoms with Crippen LogP contribution in [0.15, 0.2) is 0 Å². The third-order valence-electron chi connectivity index (χ3n) is 3.63. The number of aryl methyl sites for hydroxylation is 2. The normalized spacial score (nSPS) is 23.0. The molecule has 0 aromatic carbocycles. The van der Waals surface area contributed by atoms with E-state index in [2.05, 4.69) is 20.6 Å². The van der Waals surface area contributed by atoms with Crippen molar-refractivity contribution in [1.82, 2.24) is 15.3 Å². The first-order chi connectivity index (χ1) is 9.56. The second kappa shape index (κ2) is 4.43. The summed E-state index contributed by atoms with van der Waals surface area (Å²) < 4.78 is 5.46. The van der Waals surface area contributed by atoms with E-state index in [1.54, 1.807) is 13.8 Å². The van der Waals surface area contributed by atoms with Crippen LogP contribution in [0.3, 0.4) is 0 Å². The number of hydrogen-bond acceptors (Lipinski definition) is 5. The highest BCUT2D eigenvalue weighted by Crippen LogP contribution is 2.46. The van der Waals surface area contributed by atoms with Crippen molar-refractivity contribution in [3.63, 3.8) is 0 Å². The van der Waals surface area contributed by atoms with Gasteiger partial charge < -0.3 is 15.4 Å². The van der Waals surface area contributed by atoms with E-state index >= 15 is 0 Å². The highest BCUT2D eigenvalue weighted by atomic mass is 16.6. The Balaban J connectivity index is 2.08. The minimum atomic E-state index is -1.27. The number of rotatable bonds is 2. The van der Waals surface area contributed by atoms with Gasteiger partial charge in [-0.05, 0) is 26.7 Å². The molecule has 0 saturated carbocycles. The van der Waals surface area contributed by atoms with Crippen molar-refractivity contribution < 1.29 is 14.3 Å². The fourth-order valence-corrected chi connectivity index (χ4v) is 2.88. The Morgan fingerprint density at radius 1 is 1.50 bits per heavy atom. The van der Waals surface area contributed by atoms with Crippen LogP contribution in [0.1, 0.15) is 36.8 Å². The van der Waals surface area contributed by atoms with Crippen molar-refractivity contribution in [2.24, 2.45) is 0 Å². The molecule has 2 aliphatic rings. The molecule has 0 saturated heterocycles. The first-order valence-corrected chi connectivity index (χ1v) is 6.73. The van der Waals surface area contributed by atoms with E-state index in [4.69, 9.17) is 4.74 Å². The van der Waals surface area contributed by atoms with E-state index in [0.717, 1.165) is 18.5 Å². The summed E-state index contributed by atoms with van der Waals surface area (Å²) in [7, 11) is 0. The minimum absolute atomic E-state index is 0.334. The zero-order valence-electron chi connectivity index (χ0n) is 11.4. The molecule has 1 unspecified atom stereocenters. The van der Waals surface area contributed by atoms with Crippen LogP contribution in [-0.2, 0) is 21.6 Å². The Kier molecular flexibility index (Phi) is 2.84. The molecule has 1 atom stereocenters. The summed E-state index contributed by atoms with van der Waals surface area (Å²) in [6.07, 6.45) is 1.38. The zero-order valence-corrected chi connectivity index (χ0v) is 11.4. The quantitative estimate of drug-likeness (QED) is 0.841. The Morgan fingerprint density at radius 3 is 3.05 bits per heavy atom. The first-order valence-electron chi connectivity index (χ1n) is 6.73. The van der Waals surface area contributed by atoms with Crippen LogP contribution in [0.5, 0.6) is 0 Å². The molecule has 0 fully saturated rings. The van der Waals surface area contributed by atoms with Crippen LogP contribution in [0.4, 0.5) is 10.6 Å². The van der Waals surface area contributed by atoms with Crippen LogP contribution < -0.4 is 10.6 Å². The van der Waals surface area contributed by atoms with Gasteiger partial charge in [-0.2, -0.15) is 0 Å². The van der Waals surface area contributed by atoms with Gasteiger partial charge in [0.05, 0.1) is 11.3 Å². The molecule has 1 aromatic heterocycles. The van der Waals surface area contributed by atoms with Gasteiger partial charge in [-0.15, -0.1) is 0 Å². The van der Waals surface area contributed by atoms with E-state index in [1.807, 2.05) is 0 Å². The molecule has 1 aliphatic heterocycles. The predicted octanol–water partition coefficient (Wildman–Crippen LogP) is 1.01. The molecule has 0 bridgehead atoms. The summed E-state index contributed by atoms with van der Waals surface area (Å²) in [5.74, 6) is 0.746. The summed E-state index contributed by atoms with van der Waals surface area (Å²) >= 11 is 0. The fourth-order valence-electron chi connectivity index (χ4n) is 2.88. The van der Waals surface area contributed by atoms with Gasteiger partial charge in [0.1, 0.15) is 11.6 Å². The topological polar surface area (TPSA) is 93.2 Å². The maximum Gasteiger partial charge on any atom is 0.408 e. The number of ether oxygens (including phenoxy) is 1. The van der Waals surface area contributed by atoms with Gasteiger partial charge >= 0.3 is 6.09 Å². The molecule has 1 aromatic rings. The van der Waals surface area contributed by atoms with Gasteiger partial charge in [0.25, 0.3) is 5.91 Å². The molecule has 2 heterocycles. The molecule has 0 spiro atoms. The van der Waals surface area contributed by atoms with Gasteiger partial charge in [0.15, 0.2) is 0 Å². The predicted molar refractivity (Wildman–Crippen MR) is 70.2 cm³/mol. The number of carbonyl (C=O) groups is 2. The van der Waals surface area contributed by atoms with Crippen molar-refractivity contribution in [1.29, 1.82) is 0 Å². The van der Waals surface area contributed by atoms with E-state index in [-0.39, 0.29) is 5.91 Å². The molecule has 3 rings (SSSR count). The van der Waals surface area contributed by atoms with E-state index in [0.29, 0.717) is 30.2 Å². The second-order valence-electron chi connectivity index (χ2n) is 5.00. The summed E-state index contributed by atoms with van der Waals surface area (Å²) in [6, 6.07) is 0. The number of nitrogens with one attached hydrogen (secondary N) is 2. The van der Waals surface area contributed by atoms with Gasteiger partial charge in [0, 0.05) is 13.0 Å². The standard InChI is InChI=1S/C13H16N4O3/c1-3-14-12(19)20-13-6-4-5-8-9(13)10(17-11(13)18)16-7(2)15-8/h3-6H2,1-2H3,(H,14,19)(H,15,16,17,18). The van der Waals surface area contributed by atoms with Crippen molar-refractivity contribution in [3.8, 4) is 0 Å². The van der Waals surface area contributed by atoms with E-state index < -0.39 is 11.7 Å². The lowest BCUT2D eigenvalue weighted by atomic mass is 9.83. The number of nitrogens with zero attached hydrogens (tertiary/aromatic N) is 2. The summed E-state index contributed by atoms with van der Waals surface area (Å²) in [5.41, 5.74) is 0.155. The molecule has 1 aliphatic carbocycles. The lowest BCUT2D eigenvalue weighted by Gasteiger charge is -2.31. The number of alkyl carbamates (subject to hydrolysis) is 1. The van der Waals surface area contributed by atoms with Crippen molar-refractivity contribution in [2.45, 2.75) is 38.7 Å². The number of amides is 2. The molecule has 106 valence electrons. The molecule has 0 radical (unpaired) electrons. The number of aromatic nitrogens is 2. The smallest absolute Gasteiger partial charge is 0.408 e. The number of hydrogen-bond donors (Lipinski definition) is 2. The summed E-state index contributed by atoms with van der Waals surface area (Å²) in [5, 5.41) is 5.27. The number of carbonyl (C=O) groups excluding carboxylic acids is 2. The van der Waals surface area contributed by atoms with Crippen molar-refractivity contribution in [2.75, 3.05) is 11.9 Å². The van der Waals surface area contributed by atoms with Gasteiger partial charge in [-0.1, -0.05) is 0 Å². The molecule has 20 heavy (non-hydrogen) atoms. The molecule has 2 amide bonds. The Morgan fingerprint density at radius 2 is 2.30 bits per heavy atom. The van der Waals surface area contributed by atoms with Crippen molar-refractivity contribution >= 4 is 17.8 Å². The second-order valence-corrected chi connectivity index (χ2v) is 5.00. The molecular weight excluding hydrogens is 260 g/mol. The number of anilines is 1. The summed E-state index contributed by atoms with van der Waals surface area (Å²) in [4.78, 5) is 32.7. The average molecular weight is 276 g/mol. The van der Waals surface area contributed by atoms with E-state index in [1.165, 1.54) is 0 Å². The summed E-state index contributed by atoms with van der Waals surface area (Å²) in [6.45, 7) is 4.02. The maximum absolute atomic E-state index is 12.3. The van der Waals surface area contributed by atoms with Crippen LogP contribution in [-0.4, -0.2) is 28.5 Å². The third kappa shape index (κ3) is 1.73. The Labute approximate surface area is 116 Å². The molecule has 2 N–H and O–H groups in total. The highest BCUT2D eigenvalue weighted by Gasteiger charge is 2.54. The van der Waals surface area contributed by atoms with Gasteiger partial charge in [-0.3, -0.25) is 4.79 Å². The van der Waals surface area contributed by atoms with Crippen molar-refractivity contribution in [3.05, 3.63) is 17.1 Å². The lowest BCUT2D eigenvalue weighted by molar-refractivity contribution is -0.135. The maximum atomic E-state index is 12.3. The fraction of sp³-hybridized carbons (Fsp3) is 0.538. The monoisotopic (exact) mass is 276 g/mol. The SMILES string of the molecule is CCNC(=O)OC12CCCc3nc(C)nc(c31)NC2=O. The van der Waals surface area contributed by atoms with Gasteiger partial charge in [0.2, 0.25) is 5.60 Å². The molecule has 7 nitrogen and oxygen atoms in total.